The second-order valence-electron chi connectivity index (χ2n) is 4.16. The summed E-state index contributed by atoms with van der Waals surface area (Å²) in [5.74, 6) is -0.129. The van der Waals surface area contributed by atoms with E-state index in [4.69, 9.17) is 0 Å². The summed E-state index contributed by atoms with van der Waals surface area (Å²) in [5, 5.41) is 20.4. The Kier molecular flexibility index (Phi) is 3.21. The largest absolute Gasteiger partial charge is 0.629 e. The highest BCUT2D eigenvalue weighted by Gasteiger charge is 2.37. The molecule has 22 heavy (non-hydrogen) atoms. The average Bonchev–Trinajstić information content (AvgIpc) is 3.01. The molecule has 4 rings (SSSR count). The van der Waals surface area contributed by atoms with Crippen molar-refractivity contribution >= 4 is 47.0 Å². The first-order chi connectivity index (χ1) is 10.5. The van der Waals surface area contributed by atoms with Gasteiger partial charge < -0.3 is 15.2 Å². The molecule has 0 aliphatic carbocycles. The molecule has 0 fully saturated rings. The van der Waals surface area contributed by atoms with E-state index in [1.165, 1.54) is 47.0 Å². The molecule has 12 heteroatoms. The van der Waals surface area contributed by atoms with Gasteiger partial charge in [-0.2, -0.15) is 0 Å². The van der Waals surface area contributed by atoms with Crippen LogP contribution in [0.25, 0.3) is 0 Å². The van der Waals surface area contributed by atoms with Crippen molar-refractivity contribution in [2.45, 2.75) is 19.8 Å². The first kappa shape index (κ1) is 14.1. The molecule has 0 aromatic carbocycles. The molecule has 4 heterocycles. The Morgan fingerprint density at radius 1 is 0.864 bits per heavy atom. The van der Waals surface area contributed by atoms with Crippen LogP contribution < -0.4 is 21.2 Å². The van der Waals surface area contributed by atoms with Crippen molar-refractivity contribution in [3.05, 3.63) is 29.3 Å². The number of aromatic nitrogens is 4. The van der Waals surface area contributed by atoms with E-state index in [9.17, 15) is 19.8 Å². The zero-order chi connectivity index (χ0) is 15.4. The van der Waals surface area contributed by atoms with Gasteiger partial charge >= 0.3 is 17.6 Å². The van der Waals surface area contributed by atoms with Crippen molar-refractivity contribution in [2.75, 3.05) is 0 Å². The number of aromatic hydroxyl groups is 2. The summed E-state index contributed by atoms with van der Waals surface area (Å²) in [6, 6.07) is -0.244. The average molecular weight is 374 g/mol. The molecule has 2 aliphatic heterocycles. The number of H-pyrrole nitrogens is 4. The van der Waals surface area contributed by atoms with Gasteiger partial charge in [-0.25, -0.2) is 4.79 Å². The third kappa shape index (κ3) is 2.22. The molecule has 0 amide bonds. The van der Waals surface area contributed by atoms with Crippen LogP contribution in [0.2, 0.25) is 0 Å². The van der Waals surface area contributed by atoms with Gasteiger partial charge in [0.1, 0.15) is 9.92 Å². The minimum Gasteiger partial charge on any atom is -0.459 e. The summed E-state index contributed by atoms with van der Waals surface area (Å²) in [4.78, 5) is 34.0. The summed E-state index contributed by atoms with van der Waals surface area (Å²) in [5.41, 5.74) is -0.957. The van der Waals surface area contributed by atoms with Crippen molar-refractivity contribution in [1.29, 1.82) is 0 Å². The van der Waals surface area contributed by atoms with Crippen LogP contribution in [0.1, 0.15) is 0 Å². The van der Waals surface area contributed by atoms with Crippen LogP contribution in [-0.2, 0) is 0 Å². The maximum absolute atomic E-state index is 11.8. The summed E-state index contributed by atoms with van der Waals surface area (Å²) in [7, 11) is 0. The molecular weight excluding hydrogens is 368 g/mol. The molecule has 0 spiro atoms. The Morgan fingerprint density at radius 3 is 2.41 bits per heavy atom. The number of rotatable bonds is 0. The van der Waals surface area contributed by atoms with E-state index in [1.54, 1.807) is 0 Å². The van der Waals surface area contributed by atoms with Crippen LogP contribution in [0, 0.1) is 0 Å². The molecule has 2 aromatic heterocycles. The van der Waals surface area contributed by atoms with Crippen LogP contribution in [0.3, 0.4) is 0 Å². The molecule has 0 atom stereocenters. The molecule has 0 unspecified atom stereocenters. The van der Waals surface area contributed by atoms with Crippen LogP contribution in [-0.4, -0.2) is 20.2 Å². The number of hydrogen-bond donors (Lipinski definition) is 4. The van der Waals surface area contributed by atoms with Crippen molar-refractivity contribution in [3.8, 4) is 11.9 Å². The highest BCUT2D eigenvalue weighted by atomic mass is 32.2. The second kappa shape index (κ2) is 5.01. The minimum atomic E-state index is -0.538. The van der Waals surface area contributed by atoms with E-state index >= 15 is 0 Å². The molecule has 8 nitrogen and oxygen atoms in total. The van der Waals surface area contributed by atoms with Gasteiger partial charge in [-0.15, -0.1) is 4.98 Å². The Balaban J connectivity index is 1.75. The highest BCUT2D eigenvalue weighted by molar-refractivity contribution is 8.30. The van der Waals surface area contributed by atoms with E-state index in [0.717, 1.165) is 8.47 Å². The third-order valence-electron chi connectivity index (χ3n) is 2.70. The molecule has 2 aromatic rings. The lowest BCUT2D eigenvalue weighted by molar-refractivity contribution is -0.581. The quantitative estimate of drug-likeness (QED) is 0.485. The SMILES string of the molecule is O=c1[nH]c2c(c(=O)[nH]1)SC(=C1Sc3[nH+]c(O)[nH+]c(O)c3S1)S2. The van der Waals surface area contributed by atoms with Crippen molar-refractivity contribution < 1.29 is 20.2 Å². The number of fused-ring (bicyclic) bond motifs is 2. The summed E-state index contributed by atoms with van der Waals surface area (Å²) >= 11 is 5.23. The predicted octanol–water partition coefficient (Wildman–Crippen LogP) is 0.325. The normalized spacial score (nSPS) is 19.3. The van der Waals surface area contributed by atoms with E-state index in [2.05, 4.69) is 19.9 Å². The van der Waals surface area contributed by atoms with Crippen molar-refractivity contribution in [2.24, 2.45) is 0 Å². The van der Waals surface area contributed by atoms with Crippen LogP contribution in [0.5, 0.6) is 11.9 Å². The third-order valence-corrected chi connectivity index (χ3v) is 8.25. The van der Waals surface area contributed by atoms with Gasteiger partial charge in [-0.1, -0.05) is 40.3 Å². The molecule has 0 bridgehead atoms. The number of aromatic amines is 4. The Morgan fingerprint density at radius 2 is 1.59 bits per heavy atom. The number of hydrogen-bond acceptors (Lipinski definition) is 8. The fraction of sp³-hybridized carbons (Fsp3) is 0. The van der Waals surface area contributed by atoms with Gasteiger partial charge in [-0.3, -0.25) is 9.78 Å². The fourth-order valence-electron chi connectivity index (χ4n) is 1.84. The zero-order valence-corrected chi connectivity index (χ0v) is 13.6. The predicted molar refractivity (Wildman–Crippen MR) is 81.0 cm³/mol. The first-order valence-electron chi connectivity index (χ1n) is 5.74. The number of thioether (sulfide) groups is 4. The lowest BCUT2D eigenvalue weighted by Gasteiger charge is -1.96. The first-order valence-corrected chi connectivity index (χ1v) is 9.00. The van der Waals surface area contributed by atoms with E-state index < -0.39 is 11.2 Å². The summed E-state index contributed by atoms with van der Waals surface area (Å²) < 4.78 is 1.69. The standard InChI is InChI=1S/C10H4N4O4S4/c15-3-1-5(13-9(17)11-3)21-7(19-1)8-20-2-4(16)12-10(18)14-6(2)22-8/h(H2,11,13,15,17)(H2,12,14,16,18)/p+2. The maximum Gasteiger partial charge on any atom is 0.629 e. The van der Waals surface area contributed by atoms with Crippen LogP contribution in [0.15, 0.2) is 37.9 Å². The van der Waals surface area contributed by atoms with E-state index in [0.29, 0.717) is 19.8 Å². The van der Waals surface area contributed by atoms with E-state index in [1.807, 2.05) is 0 Å². The van der Waals surface area contributed by atoms with Crippen molar-refractivity contribution in [3.63, 3.8) is 0 Å². The fourth-order valence-corrected chi connectivity index (χ4v) is 6.99. The highest BCUT2D eigenvalue weighted by Crippen LogP contribution is 2.60. The maximum atomic E-state index is 11.8. The summed E-state index contributed by atoms with van der Waals surface area (Å²) in [6.07, 6.45) is 0. The minimum absolute atomic E-state index is 0.129. The molecule has 112 valence electrons. The Labute approximate surface area is 138 Å². The van der Waals surface area contributed by atoms with Crippen LogP contribution >= 0.6 is 47.0 Å². The van der Waals surface area contributed by atoms with Crippen molar-refractivity contribution in [1.82, 2.24) is 9.97 Å². The Bertz CT molecular complexity index is 966. The summed E-state index contributed by atoms with van der Waals surface area (Å²) in [6.45, 7) is 0. The molecule has 2 aliphatic rings. The van der Waals surface area contributed by atoms with Gasteiger partial charge in [0.2, 0.25) is 4.90 Å². The lowest BCUT2D eigenvalue weighted by atomic mass is 10.6. The van der Waals surface area contributed by atoms with Gasteiger partial charge in [0, 0.05) is 0 Å². The molecule has 0 saturated carbocycles. The molecular formula is C10H6N4O4S4+2. The second-order valence-corrected chi connectivity index (χ2v) is 8.75. The van der Waals surface area contributed by atoms with Gasteiger partial charge in [-0.05, 0) is 11.8 Å². The zero-order valence-electron chi connectivity index (χ0n) is 10.3. The lowest BCUT2D eigenvalue weighted by Crippen LogP contribution is -2.23. The van der Waals surface area contributed by atoms with E-state index in [-0.39, 0.29) is 11.9 Å². The van der Waals surface area contributed by atoms with Crippen LogP contribution in [0.4, 0.5) is 0 Å². The Hall–Kier alpha value is -1.50. The molecule has 0 saturated heterocycles. The topological polar surface area (TPSA) is 134 Å². The molecule has 0 radical (unpaired) electrons. The number of nitrogens with one attached hydrogen (secondary N) is 4. The van der Waals surface area contributed by atoms with Gasteiger partial charge in [0.15, 0.2) is 0 Å². The molecule has 6 N–H and O–H groups in total. The van der Waals surface area contributed by atoms with Gasteiger partial charge in [0.25, 0.3) is 10.6 Å². The smallest absolute Gasteiger partial charge is 0.459 e. The van der Waals surface area contributed by atoms with Gasteiger partial charge in [0.05, 0.1) is 8.47 Å². The monoisotopic (exact) mass is 374 g/mol.